The standard InChI is InChI=1S/C16H19NO2/c1-16(10-14(18)19-2)9-5-7-12-11-6-3-4-8-13(11)17-15(12)16/h3-4,6,8,17H,5,7,9-10H2,1-2H3. The number of fused-ring (bicyclic) bond motifs is 3. The molecule has 0 saturated carbocycles. The molecule has 0 bridgehead atoms. The van der Waals surface area contributed by atoms with Crippen molar-refractivity contribution in [3.05, 3.63) is 35.5 Å². The van der Waals surface area contributed by atoms with Gasteiger partial charge in [0, 0.05) is 22.0 Å². The summed E-state index contributed by atoms with van der Waals surface area (Å²) >= 11 is 0. The third-order valence-electron chi connectivity index (χ3n) is 4.33. The van der Waals surface area contributed by atoms with Crippen LogP contribution in [0.3, 0.4) is 0 Å². The second-order valence-electron chi connectivity index (χ2n) is 5.69. The van der Waals surface area contributed by atoms with Crippen LogP contribution in [0.1, 0.15) is 37.4 Å². The molecule has 1 N–H and O–H groups in total. The van der Waals surface area contributed by atoms with Gasteiger partial charge in [-0.25, -0.2) is 0 Å². The largest absolute Gasteiger partial charge is 0.469 e. The molecule has 1 aliphatic carbocycles. The molecule has 100 valence electrons. The molecular formula is C16H19NO2. The minimum Gasteiger partial charge on any atom is -0.469 e. The maximum Gasteiger partial charge on any atom is 0.306 e. The topological polar surface area (TPSA) is 42.1 Å². The fourth-order valence-corrected chi connectivity index (χ4v) is 3.32. The van der Waals surface area contributed by atoms with Crippen molar-refractivity contribution in [2.75, 3.05) is 7.11 Å². The van der Waals surface area contributed by atoms with Crippen LogP contribution in [0.25, 0.3) is 10.9 Å². The molecule has 3 heteroatoms. The van der Waals surface area contributed by atoms with Crippen molar-refractivity contribution in [2.45, 2.75) is 38.0 Å². The van der Waals surface area contributed by atoms with Crippen LogP contribution in [0.5, 0.6) is 0 Å². The summed E-state index contributed by atoms with van der Waals surface area (Å²) in [6.07, 6.45) is 3.70. The summed E-state index contributed by atoms with van der Waals surface area (Å²) < 4.78 is 4.85. The number of aromatic nitrogens is 1. The highest BCUT2D eigenvalue weighted by Gasteiger charge is 2.36. The Morgan fingerprint density at radius 3 is 3.00 bits per heavy atom. The Morgan fingerprint density at radius 1 is 1.42 bits per heavy atom. The van der Waals surface area contributed by atoms with Crippen molar-refractivity contribution < 1.29 is 9.53 Å². The van der Waals surface area contributed by atoms with E-state index in [1.54, 1.807) is 0 Å². The third kappa shape index (κ3) is 1.93. The van der Waals surface area contributed by atoms with Crippen molar-refractivity contribution in [3.8, 4) is 0 Å². The Hall–Kier alpha value is -1.77. The van der Waals surface area contributed by atoms with Crippen LogP contribution in [-0.2, 0) is 21.4 Å². The lowest BCUT2D eigenvalue weighted by Crippen LogP contribution is -2.30. The molecule has 0 amide bonds. The smallest absolute Gasteiger partial charge is 0.306 e. The Bertz CT molecular complexity index is 629. The Morgan fingerprint density at radius 2 is 2.21 bits per heavy atom. The molecule has 1 aromatic carbocycles. The molecule has 0 radical (unpaired) electrons. The molecule has 1 aromatic heterocycles. The molecule has 0 aliphatic heterocycles. The number of nitrogens with one attached hydrogen (secondary N) is 1. The van der Waals surface area contributed by atoms with Gasteiger partial charge in [-0.1, -0.05) is 25.1 Å². The molecular weight excluding hydrogens is 238 g/mol. The summed E-state index contributed by atoms with van der Waals surface area (Å²) in [5, 5.41) is 1.30. The van der Waals surface area contributed by atoms with E-state index in [0.717, 1.165) is 19.3 Å². The second kappa shape index (κ2) is 4.41. The van der Waals surface area contributed by atoms with Crippen molar-refractivity contribution in [1.29, 1.82) is 0 Å². The zero-order chi connectivity index (χ0) is 13.5. The molecule has 0 spiro atoms. The van der Waals surface area contributed by atoms with Gasteiger partial charge in [0.05, 0.1) is 13.5 Å². The predicted molar refractivity (Wildman–Crippen MR) is 75.2 cm³/mol. The van der Waals surface area contributed by atoms with Gasteiger partial charge in [-0.15, -0.1) is 0 Å². The van der Waals surface area contributed by atoms with Gasteiger partial charge in [0.2, 0.25) is 0 Å². The molecule has 0 saturated heterocycles. The fourth-order valence-electron chi connectivity index (χ4n) is 3.32. The van der Waals surface area contributed by atoms with Crippen molar-refractivity contribution >= 4 is 16.9 Å². The average Bonchev–Trinajstić information content (AvgIpc) is 2.79. The number of carbonyl (C=O) groups is 1. The van der Waals surface area contributed by atoms with Gasteiger partial charge >= 0.3 is 5.97 Å². The van der Waals surface area contributed by atoms with Crippen molar-refractivity contribution in [3.63, 3.8) is 0 Å². The molecule has 3 rings (SSSR count). The number of methoxy groups -OCH3 is 1. The van der Waals surface area contributed by atoms with Crippen LogP contribution in [0.4, 0.5) is 0 Å². The lowest BCUT2D eigenvalue weighted by atomic mass is 9.72. The van der Waals surface area contributed by atoms with Crippen LogP contribution in [0.15, 0.2) is 24.3 Å². The first-order valence-electron chi connectivity index (χ1n) is 6.81. The first-order chi connectivity index (χ1) is 9.14. The van der Waals surface area contributed by atoms with Crippen LogP contribution < -0.4 is 0 Å². The number of H-pyrrole nitrogens is 1. The van der Waals surface area contributed by atoms with E-state index >= 15 is 0 Å². The highest BCUT2D eigenvalue weighted by atomic mass is 16.5. The predicted octanol–water partition coefficient (Wildman–Crippen LogP) is 3.33. The molecule has 19 heavy (non-hydrogen) atoms. The fraction of sp³-hybridized carbons (Fsp3) is 0.438. The molecule has 0 fully saturated rings. The van der Waals surface area contributed by atoms with E-state index in [0.29, 0.717) is 6.42 Å². The van der Waals surface area contributed by atoms with Crippen LogP contribution in [0, 0.1) is 0 Å². The van der Waals surface area contributed by atoms with Crippen LogP contribution in [-0.4, -0.2) is 18.1 Å². The summed E-state index contributed by atoms with van der Waals surface area (Å²) in [4.78, 5) is 15.2. The zero-order valence-electron chi connectivity index (χ0n) is 11.5. The molecule has 1 heterocycles. The van der Waals surface area contributed by atoms with Gasteiger partial charge < -0.3 is 9.72 Å². The van der Waals surface area contributed by atoms with E-state index in [1.807, 2.05) is 6.07 Å². The SMILES string of the molecule is COC(=O)CC1(C)CCCc2c1[nH]c1ccccc21. The Balaban J connectivity index is 2.11. The van der Waals surface area contributed by atoms with Gasteiger partial charge in [0.1, 0.15) is 0 Å². The van der Waals surface area contributed by atoms with Gasteiger partial charge in [-0.2, -0.15) is 0 Å². The third-order valence-corrected chi connectivity index (χ3v) is 4.33. The summed E-state index contributed by atoms with van der Waals surface area (Å²) in [7, 11) is 1.46. The lowest BCUT2D eigenvalue weighted by Gasteiger charge is -2.32. The van der Waals surface area contributed by atoms with Crippen LogP contribution in [0.2, 0.25) is 0 Å². The van der Waals surface area contributed by atoms with Gasteiger partial charge in [0.25, 0.3) is 0 Å². The molecule has 1 atom stereocenters. The van der Waals surface area contributed by atoms with E-state index in [-0.39, 0.29) is 11.4 Å². The summed E-state index contributed by atoms with van der Waals surface area (Å²) in [6.45, 7) is 2.16. The maximum absolute atomic E-state index is 11.7. The first-order valence-corrected chi connectivity index (χ1v) is 6.81. The zero-order valence-corrected chi connectivity index (χ0v) is 11.5. The van der Waals surface area contributed by atoms with E-state index in [9.17, 15) is 4.79 Å². The highest BCUT2D eigenvalue weighted by Crippen LogP contribution is 2.42. The highest BCUT2D eigenvalue weighted by molar-refractivity contribution is 5.86. The Labute approximate surface area is 113 Å². The minimum absolute atomic E-state index is 0.125. The summed E-state index contributed by atoms with van der Waals surface area (Å²) in [6, 6.07) is 8.38. The summed E-state index contributed by atoms with van der Waals surface area (Å²) in [5.74, 6) is -0.131. The number of para-hydroxylation sites is 1. The normalized spacial score (nSPS) is 22.2. The molecule has 1 unspecified atom stereocenters. The maximum atomic E-state index is 11.7. The number of ether oxygens (including phenoxy) is 1. The van der Waals surface area contributed by atoms with Gasteiger partial charge in [-0.05, 0) is 30.9 Å². The monoisotopic (exact) mass is 257 g/mol. The quantitative estimate of drug-likeness (QED) is 0.838. The molecule has 2 aromatic rings. The second-order valence-corrected chi connectivity index (χ2v) is 5.69. The van der Waals surface area contributed by atoms with E-state index in [1.165, 1.54) is 29.3 Å². The summed E-state index contributed by atoms with van der Waals surface area (Å²) in [5.41, 5.74) is 3.66. The van der Waals surface area contributed by atoms with Gasteiger partial charge in [-0.3, -0.25) is 4.79 Å². The number of rotatable bonds is 2. The number of benzene rings is 1. The van der Waals surface area contributed by atoms with E-state index in [2.05, 4.69) is 30.1 Å². The number of hydrogen-bond acceptors (Lipinski definition) is 2. The molecule has 1 aliphatic rings. The van der Waals surface area contributed by atoms with Crippen molar-refractivity contribution in [1.82, 2.24) is 4.98 Å². The molecule has 3 nitrogen and oxygen atoms in total. The number of esters is 1. The van der Waals surface area contributed by atoms with Gasteiger partial charge in [0.15, 0.2) is 0 Å². The van der Waals surface area contributed by atoms with Crippen molar-refractivity contribution in [2.24, 2.45) is 0 Å². The van der Waals surface area contributed by atoms with Crippen LogP contribution >= 0.6 is 0 Å². The number of hydrogen-bond donors (Lipinski definition) is 1. The minimum atomic E-state index is -0.131. The lowest BCUT2D eigenvalue weighted by molar-refractivity contribution is -0.142. The number of aromatic amines is 1. The average molecular weight is 257 g/mol. The van der Waals surface area contributed by atoms with E-state index in [4.69, 9.17) is 4.74 Å². The first kappa shape index (κ1) is 12.3. The Kier molecular flexibility index (Phi) is 2.85. The number of aryl methyl sites for hydroxylation is 1. The van der Waals surface area contributed by atoms with E-state index < -0.39 is 0 Å². The number of carbonyl (C=O) groups excluding carboxylic acids is 1.